The molecule has 0 aliphatic carbocycles. The maximum absolute atomic E-state index is 12.1. The summed E-state index contributed by atoms with van der Waals surface area (Å²) in [5.41, 5.74) is 8.97. The number of benzene rings is 1. The fourth-order valence-electron chi connectivity index (χ4n) is 1.93. The second-order valence-corrected chi connectivity index (χ2v) is 4.93. The summed E-state index contributed by atoms with van der Waals surface area (Å²) in [5, 5.41) is 4.64. The molecule has 0 bridgehead atoms. The van der Waals surface area contributed by atoms with E-state index in [0.29, 0.717) is 27.5 Å². The molecule has 20 heavy (non-hydrogen) atoms. The molecular formula is C14H16ClN3O2. The summed E-state index contributed by atoms with van der Waals surface area (Å²) < 4.78 is 6.84. The number of aryl methyl sites for hydroxylation is 2. The van der Waals surface area contributed by atoms with Crippen LogP contribution >= 0.6 is 11.6 Å². The van der Waals surface area contributed by atoms with Crippen molar-refractivity contribution in [1.82, 2.24) is 9.78 Å². The van der Waals surface area contributed by atoms with Gasteiger partial charge in [-0.05, 0) is 31.5 Å². The van der Waals surface area contributed by atoms with Gasteiger partial charge in [0.15, 0.2) is 0 Å². The fourth-order valence-corrected chi connectivity index (χ4v) is 2.16. The summed E-state index contributed by atoms with van der Waals surface area (Å²) >= 11 is 6.09. The van der Waals surface area contributed by atoms with Gasteiger partial charge in [-0.15, -0.1) is 0 Å². The number of esters is 1. The number of halogens is 1. The Morgan fingerprint density at radius 2 is 2.15 bits per heavy atom. The first-order valence-electron chi connectivity index (χ1n) is 6.12. The van der Waals surface area contributed by atoms with Crippen LogP contribution < -0.4 is 5.73 Å². The van der Waals surface area contributed by atoms with Gasteiger partial charge in [-0.2, -0.15) is 5.10 Å². The lowest BCUT2D eigenvalue weighted by molar-refractivity contribution is 0.0471. The monoisotopic (exact) mass is 293 g/mol. The van der Waals surface area contributed by atoms with E-state index >= 15 is 0 Å². The number of rotatable bonds is 3. The number of nitrogens with zero attached hydrogens (tertiary/aromatic N) is 2. The molecule has 2 N–H and O–H groups in total. The Morgan fingerprint density at radius 3 is 2.75 bits per heavy atom. The van der Waals surface area contributed by atoms with E-state index in [1.807, 2.05) is 6.92 Å². The molecule has 0 spiro atoms. The first-order chi connectivity index (χ1) is 9.41. The molecule has 0 fully saturated rings. The highest BCUT2D eigenvalue weighted by Crippen LogP contribution is 2.21. The number of anilines is 1. The lowest BCUT2D eigenvalue weighted by atomic mass is 10.1. The Morgan fingerprint density at radius 1 is 1.45 bits per heavy atom. The van der Waals surface area contributed by atoms with Crippen LogP contribution in [0.3, 0.4) is 0 Å². The summed E-state index contributed by atoms with van der Waals surface area (Å²) in [5.74, 6) is -0.422. The molecule has 6 heteroatoms. The zero-order chi connectivity index (χ0) is 14.9. The highest BCUT2D eigenvalue weighted by Gasteiger charge is 2.16. The number of carbonyl (C=O) groups is 1. The van der Waals surface area contributed by atoms with E-state index in [0.717, 1.165) is 5.69 Å². The van der Waals surface area contributed by atoms with Crippen LogP contribution in [0.1, 0.15) is 27.2 Å². The molecule has 1 aromatic heterocycles. The Labute approximate surface area is 122 Å². The fraction of sp³-hybridized carbons (Fsp3) is 0.286. The third-order valence-corrected chi connectivity index (χ3v) is 3.69. The van der Waals surface area contributed by atoms with Crippen molar-refractivity contribution in [3.05, 3.63) is 45.7 Å². The standard InChI is InChI=1S/C14H16ClN3O2/c1-8-10(5-4-6-12(8)16)14(19)20-7-11-9(2)17-18(3)13(11)15/h4-6H,7,16H2,1-3H3. The van der Waals surface area contributed by atoms with Crippen LogP contribution in [0.25, 0.3) is 0 Å². The minimum absolute atomic E-state index is 0.0889. The van der Waals surface area contributed by atoms with Gasteiger partial charge in [-0.25, -0.2) is 4.79 Å². The van der Waals surface area contributed by atoms with Gasteiger partial charge in [-0.1, -0.05) is 17.7 Å². The van der Waals surface area contributed by atoms with Crippen molar-refractivity contribution in [3.63, 3.8) is 0 Å². The van der Waals surface area contributed by atoms with Crippen LogP contribution in [-0.4, -0.2) is 15.7 Å². The van der Waals surface area contributed by atoms with E-state index < -0.39 is 5.97 Å². The van der Waals surface area contributed by atoms with Gasteiger partial charge in [0.05, 0.1) is 11.3 Å². The Balaban J connectivity index is 2.15. The van der Waals surface area contributed by atoms with E-state index in [4.69, 9.17) is 22.1 Å². The quantitative estimate of drug-likeness (QED) is 0.697. The van der Waals surface area contributed by atoms with Gasteiger partial charge in [0.2, 0.25) is 0 Å². The first kappa shape index (κ1) is 14.4. The smallest absolute Gasteiger partial charge is 0.338 e. The summed E-state index contributed by atoms with van der Waals surface area (Å²) in [4.78, 5) is 12.1. The normalized spacial score (nSPS) is 10.6. The van der Waals surface area contributed by atoms with E-state index in [9.17, 15) is 4.79 Å². The summed E-state index contributed by atoms with van der Waals surface area (Å²) in [7, 11) is 1.74. The summed E-state index contributed by atoms with van der Waals surface area (Å²) in [6.45, 7) is 3.70. The predicted octanol–water partition coefficient (Wildman–Crippen LogP) is 2.63. The van der Waals surface area contributed by atoms with Gasteiger partial charge in [0.1, 0.15) is 11.8 Å². The van der Waals surface area contributed by atoms with E-state index in [2.05, 4.69) is 5.10 Å². The average Bonchev–Trinajstić information content (AvgIpc) is 2.64. The average molecular weight is 294 g/mol. The lowest BCUT2D eigenvalue weighted by Crippen LogP contribution is -2.08. The minimum atomic E-state index is -0.422. The minimum Gasteiger partial charge on any atom is -0.457 e. The number of aromatic nitrogens is 2. The Hall–Kier alpha value is -2.01. The molecule has 2 aromatic rings. The van der Waals surface area contributed by atoms with Gasteiger partial charge in [0, 0.05) is 18.3 Å². The van der Waals surface area contributed by atoms with E-state index in [-0.39, 0.29) is 6.61 Å². The maximum Gasteiger partial charge on any atom is 0.338 e. The van der Waals surface area contributed by atoms with Crippen molar-refractivity contribution in [2.75, 3.05) is 5.73 Å². The number of carbonyl (C=O) groups excluding carboxylic acids is 1. The molecule has 0 radical (unpaired) electrons. The zero-order valence-corrected chi connectivity index (χ0v) is 12.4. The molecule has 2 rings (SSSR count). The number of hydrogen-bond acceptors (Lipinski definition) is 4. The molecule has 0 unspecified atom stereocenters. The van der Waals surface area contributed by atoms with Crippen molar-refractivity contribution in [2.24, 2.45) is 7.05 Å². The molecule has 1 heterocycles. The molecule has 5 nitrogen and oxygen atoms in total. The molecule has 0 atom stereocenters. The van der Waals surface area contributed by atoms with Crippen molar-refractivity contribution in [1.29, 1.82) is 0 Å². The van der Waals surface area contributed by atoms with Crippen molar-refractivity contribution in [2.45, 2.75) is 20.5 Å². The van der Waals surface area contributed by atoms with Gasteiger partial charge >= 0.3 is 5.97 Å². The van der Waals surface area contributed by atoms with Crippen LogP contribution in [0.4, 0.5) is 5.69 Å². The lowest BCUT2D eigenvalue weighted by Gasteiger charge is -2.08. The molecule has 106 valence electrons. The van der Waals surface area contributed by atoms with E-state index in [1.165, 1.54) is 0 Å². The predicted molar refractivity (Wildman–Crippen MR) is 77.7 cm³/mol. The SMILES string of the molecule is Cc1nn(C)c(Cl)c1COC(=O)c1cccc(N)c1C. The molecule has 0 aliphatic rings. The number of hydrogen-bond donors (Lipinski definition) is 1. The van der Waals surface area contributed by atoms with Crippen LogP contribution in [0.2, 0.25) is 5.15 Å². The largest absolute Gasteiger partial charge is 0.457 e. The number of nitrogens with two attached hydrogens (primary N) is 1. The van der Waals surface area contributed by atoms with Crippen LogP contribution in [0, 0.1) is 13.8 Å². The maximum atomic E-state index is 12.1. The topological polar surface area (TPSA) is 70.1 Å². The van der Waals surface area contributed by atoms with Crippen molar-refractivity contribution >= 4 is 23.3 Å². The van der Waals surface area contributed by atoms with E-state index in [1.54, 1.807) is 36.9 Å². The first-order valence-corrected chi connectivity index (χ1v) is 6.49. The van der Waals surface area contributed by atoms with Crippen molar-refractivity contribution < 1.29 is 9.53 Å². The second kappa shape index (κ2) is 5.54. The third-order valence-electron chi connectivity index (χ3n) is 3.21. The third kappa shape index (κ3) is 2.63. The number of nitrogen functional groups attached to an aromatic ring is 1. The highest BCUT2D eigenvalue weighted by molar-refractivity contribution is 6.30. The molecular weight excluding hydrogens is 278 g/mol. The van der Waals surface area contributed by atoms with Crippen LogP contribution in [0.5, 0.6) is 0 Å². The molecule has 0 saturated carbocycles. The molecule has 0 saturated heterocycles. The molecule has 0 aliphatic heterocycles. The summed E-state index contributed by atoms with van der Waals surface area (Å²) in [6, 6.07) is 5.15. The van der Waals surface area contributed by atoms with Gasteiger partial charge < -0.3 is 10.5 Å². The Bertz CT molecular complexity index is 665. The molecule has 1 aromatic carbocycles. The van der Waals surface area contributed by atoms with Crippen LogP contribution in [-0.2, 0) is 18.4 Å². The molecule has 0 amide bonds. The number of ether oxygens (including phenoxy) is 1. The van der Waals surface area contributed by atoms with Crippen molar-refractivity contribution in [3.8, 4) is 0 Å². The zero-order valence-electron chi connectivity index (χ0n) is 11.6. The summed E-state index contributed by atoms with van der Waals surface area (Å²) in [6.07, 6.45) is 0. The van der Waals surface area contributed by atoms with Crippen LogP contribution in [0.15, 0.2) is 18.2 Å². The second-order valence-electron chi connectivity index (χ2n) is 4.57. The van der Waals surface area contributed by atoms with Gasteiger partial charge in [-0.3, -0.25) is 4.68 Å². The Kier molecular flexibility index (Phi) is 3.99. The highest BCUT2D eigenvalue weighted by atomic mass is 35.5. The van der Waals surface area contributed by atoms with Gasteiger partial charge in [0.25, 0.3) is 0 Å².